The highest BCUT2D eigenvalue weighted by Gasteiger charge is 2.31. The standard InChI is InChI=1S/C20H28N2O5/c1-2-16(15-4-5-17-18(12-15)27-13-26-17)20(25)22-9-6-14(7-10-22)19(24)21-8-3-11-23/h4-5,12,14,16,23H,2-3,6-11,13H2,1H3,(H,21,24). The third kappa shape index (κ3) is 4.53. The molecule has 2 aliphatic rings. The molecule has 0 radical (unpaired) electrons. The molecule has 0 aromatic heterocycles. The van der Waals surface area contributed by atoms with Crippen molar-refractivity contribution in [3.8, 4) is 11.5 Å². The second kappa shape index (κ2) is 9.08. The second-order valence-corrected chi connectivity index (χ2v) is 7.04. The molecule has 2 N–H and O–H groups in total. The fraction of sp³-hybridized carbons (Fsp3) is 0.600. The number of amides is 2. The van der Waals surface area contributed by atoms with E-state index >= 15 is 0 Å². The smallest absolute Gasteiger partial charge is 0.231 e. The van der Waals surface area contributed by atoms with E-state index in [1.54, 1.807) is 0 Å². The van der Waals surface area contributed by atoms with Crippen LogP contribution in [0.4, 0.5) is 0 Å². The maximum Gasteiger partial charge on any atom is 0.231 e. The van der Waals surface area contributed by atoms with Crippen LogP contribution < -0.4 is 14.8 Å². The Kier molecular flexibility index (Phi) is 6.55. The number of nitrogens with one attached hydrogen (secondary N) is 1. The van der Waals surface area contributed by atoms with Crippen LogP contribution >= 0.6 is 0 Å². The Hall–Kier alpha value is -2.28. The van der Waals surface area contributed by atoms with E-state index in [0.29, 0.717) is 56.8 Å². The molecule has 7 heteroatoms. The lowest BCUT2D eigenvalue weighted by molar-refractivity contribution is -0.137. The first-order valence-corrected chi connectivity index (χ1v) is 9.71. The number of carbonyl (C=O) groups is 2. The van der Waals surface area contributed by atoms with Crippen LogP contribution in [0.25, 0.3) is 0 Å². The summed E-state index contributed by atoms with van der Waals surface area (Å²) in [6.45, 7) is 3.99. The average Bonchev–Trinajstić information content (AvgIpc) is 3.16. The molecular formula is C20H28N2O5. The first kappa shape index (κ1) is 19.5. The number of carbonyl (C=O) groups excluding carboxylic acids is 2. The van der Waals surface area contributed by atoms with Crippen LogP contribution in [0, 0.1) is 5.92 Å². The summed E-state index contributed by atoms with van der Waals surface area (Å²) in [6.07, 6.45) is 2.62. The van der Waals surface area contributed by atoms with Crippen LogP contribution in [-0.2, 0) is 9.59 Å². The van der Waals surface area contributed by atoms with Crippen LogP contribution in [0.5, 0.6) is 11.5 Å². The van der Waals surface area contributed by atoms with E-state index in [-0.39, 0.29) is 37.0 Å². The molecule has 1 atom stereocenters. The van der Waals surface area contributed by atoms with Crippen molar-refractivity contribution in [3.63, 3.8) is 0 Å². The highest BCUT2D eigenvalue weighted by molar-refractivity contribution is 5.84. The van der Waals surface area contributed by atoms with Gasteiger partial charge < -0.3 is 24.8 Å². The lowest BCUT2D eigenvalue weighted by atomic mass is 9.91. The Labute approximate surface area is 159 Å². The summed E-state index contributed by atoms with van der Waals surface area (Å²) in [4.78, 5) is 27.1. The van der Waals surface area contributed by atoms with E-state index < -0.39 is 0 Å². The average molecular weight is 376 g/mol. The molecule has 2 amide bonds. The Balaban J connectivity index is 1.57. The summed E-state index contributed by atoms with van der Waals surface area (Å²) in [5.74, 6) is 1.27. The van der Waals surface area contributed by atoms with Crippen LogP contribution in [-0.4, -0.2) is 54.9 Å². The number of aliphatic hydroxyl groups is 1. The lowest BCUT2D eigenvalue weighted by Crippen LogP contribution is -2.44. The number of nitrogens with zero attached hydrogens (tertiary/aromatic N) is 1. The first-order valence-electron chi connectivity index (χ1n) is 9.71. The van der Waals surface area contributed by atoms with Gasteiger partial charge in [-0.25, -0.2) is 0 Å². The van der Waals surface area contributed by atoms with E-state index in [1.807, 2.05) is 30.0 Å². The lowest BCUT2D eigenvalue weighted by Gasteiger charge is -2.33. The molecule has 1 aromatic rings. The molecule has 148 valence electrons. The molecule has 0 saturated carbocycles. The summed E-state index contributed by atoms with van der Waals surface area (Å²) in [5.41, 5.74) is 0.940. The molecule has 0 aliphatic carbocycles. The SMILES string of the molecule is CCC(C(=O)N1CCC(C(=O)NCCCO)CC1)c1ccc2c(c1)OCO2. The van der Waals surface area contributed by atoms with Crippen molar-refractivity contribution in [2.75, 3.05) is 33.0 Å². The Morgan fingerprint density at radius 2 is 2.00 bits per heavy atom. The van der Waals surface area contributed by atoms with E-state index in [0.717, 1.165) is 5.56 Å². The molecule has 1 fully saturated rings. The van der Waals surface area contributed by atoms with E-state index in [4.69, 9.17) is 14.6 Å². The molecule has 7 nitrogen and oxygen atoms in total. The highest BCUT2D eigenvalue weighted by atomic mass is 16.7. The van der Waals surface area contributed by atoms with Gasteiger partial charge in [-0.2, -0.15) is 0 Å². The van der Waals surface area contributed by atoms with Gasteiger partial charge in [0.1, 0.15) is 0 Å². The minimum absolute atomic E-state index is 0.0263. The van der Waals surface area contributed by atoms with Gasteiger partial charge in [-0.3, -0.25) is 9.59 Å². The second-order valence-electron chi connectivity index (χ2n) is 7.04. The predicted octanol–water partition coefficient (Wildman–Crippen LogP) is 1.65. The topological polar surface area (TPSA) is 88.1 Å². The number of rotatable bonds is 7. The van der Waals surface area contributed by atoms with Crippen LogP contribution in [0.15, 0.2) is 18.2 Å². The van der Waals surface area contributed by atoms with Crippen LogP contribution in [0.3, 0.4) is 0 Å². The molecule has 1 aromatic carbocycles. The third-order valence-electron chi connectivity index (χ3n) is 5.32. The van der Waals surface area contributed by atoms with Crippen LogP contribution in [0.1, 0.15) is 44.1 Å². The van der Waals surface area contributed by atoms with Gasteiger partial charge in [0.2, 0.25) is 18.6 Å². The Bertz CT molecular complexity index is 670. The van der Waals surface area contributed by atoms with Gasteiger partial charge in [0.05, 0.1) is 5.92 Å². The number of likely N-dealkylation sites (tertiary alicyclic amines) is 1. The zero-order chi connectivity index (χ0) is 19.2. The maximum atomic E-state index is 13.0. The molecule has 27 heavy (non-hydrogen) atoms. The minimum Gasteiger partial charge on any atom is -0.454 e. The van der Waals surface area contributed by atoms with Crippen molar-refractivity contribution in [1.29, 1.82) is 0 Å². The number of benzene rings is 1. The van der Waals surface area contributed by atoms with E-state index in [1.165, 1.54) is 0 Å². The van der Waals surface area contributed by atoms with Crippen molar-refractivity contribution < 1.29 is 24.2 Å². The number of hydrogen-bond acceptors (Lipinski definition) is 5. The zero-order valence-electron chi connectivity index (χ0n) is 15.8. The predicted molar refractivity (Wildman–Crippen MR) is 99.6 cm³/mol. The summed E-state index contributed by atoms with van der Waals surface area (Å²) in [7, 11) is 0. The number of hydrogen-bond donors (Lipinski definition) is 2. The van der Waals surface area contributed by atoms with Crippen molar-refractivity contribution >= 4 is 11.8 Å². The van der Waals surface area contributed by atoms with Gasteiger partial charge in [-0.05, 0) is 43.4 Å². The van der Waals surface area contributed by atoms with Crippen molar-refractivity contribution in [2.24, 2.45) is 5.92 Å². The van der Waals surface area contributed by atoms with Gasteiger partial charge in [-0.1, -0.05) is 13.0 Å². The summed E-state index contributed by atoms with van der Waals surface area (Å²) in [6, 6.07) is 5.69. The van der Waals surface area contributed by atoms with Gasteiger partial charge in [-0.15, -0.1) is 0 Å². The van der Waals surface area contributed by atoms with Crippen molar-refractivity contribution in [2.45, 2.75) is 38.5 Å². The normalized spacial score (nSPS) is 17.6. The van der Waals surface area contributed by atoms with Gasteiger partial charge >= 0.3 is 0 Å². The quantitative estimate of drug-likeness (QED) is 0.707. The van der Waals surface area contributed by atoms with Crippen molar-refractivity contribution in [1.82, 2.24) is 10.2 Å². The summed E-state index contributed by atoms with van der Waals surface area (Å²) in [5, 5.41) is 11.6. The molecule has 1 unspecified atom stereocenters. The van der Waals surface area contributed by atoms with Gasteiger partial charge in [0.25, 0.3) is 0 Å². The highest BCUT2D eigenvalue weighted by Crippen LogP contribution is 2.36. The largest absolute Gasteiger partial charge is 0.454 e. The van der Waals surface area contributed by atoms with E-state index in [9.17, 15) is 9.59 Å². The number of ether oxygens (including phenoxy) is 2. The number of fused-ring (bicyclic) bond motifs is 1. The maximum absolute atomic E-state index is 13.0. The molecule has 0 spiro atoms. The fourth-order valence-corrected chi connectivity index (χ4v) is 3.70. The summed E-state index contributed by atoms with van der Waals surface area (Å²) >= 11 is 0. The first-order chi connectivity index (χ1) is 13.1. The Morgan fingerprint density at radius 1 is 1.26 bits per heavy atom. The molecule has 1 saturated heterocycles. The molecular weight excluding hydrogens is 348 g/mol. The summed E-state index contributed by atoms with van der Waals surface area (Å²) < 4.78 is 10.8. The zero-order valence-corrected chi connectivity index (χ0v) is 15.8. The molecule has 3 rings (SSSR count). The Morgan fingerprint density at radius 3 is 2.70 bits per heavy atom. The van der Waals surface area contributed by atoms with Gasteiger partial charge in [0.15, 0.2) is 11.5 Å². The number of piperidine rings is 1. The molecule has 2 heterocycles. The fourth-order valence-electron chi connectivity index (χ4n) is 3.70. The molecule has 0 bridgehead atoms. The van der Waals surface area contributed by atoms with E-state index in [2.05, 4.69) is 5.32 Å². The van der Waals surface area contributed by atoms with Crippen LogP contribution in [0.2, 0.25) is 0 Å². The number of aliphatic hydroxyl groups excluding tert-OH is 1. The molecule has 2 aliphatic heterocycles. The van der Waals surface area contributed by atoms with Gasteiger partial charge in [0, 0.05) is 32.2 Å². The minimum atomic E-state index is -0.213. The van der Waals surface area contributed by atoms with Crippen molar-refractivity contribution in [3.05, 3.63) is 23.8 Å². The third-order valence-corrected chi connectivity index (χ3v) is 5.32. The monoisotopic (exact) mass is 376 g/mol.